The number of carbonyl (C=O) groups is 2. The van der Waals surface area contributed by atoms with Gasteiger partial charge in [-0.25, -0.2) is 4.79 Å². The van der Waals surface area contributed by atoms with Crippen molar-refractivity contribution in [2.45, 2.75) is 45.6 Å². The van der Waals surface area contributed by atoms with Crippen LogP contribution in [-0.4, -0.2) is 62.1 Å². The first-order valence-corrected chi connectivity index (χ1v) is 11.0. The van der Waals surface area contributed by atoms with E-state index in [0.29, 0.717) is 31.6 Å². The molecular weight excluding hydrogens is 366 g/mol. The Morgan fingerprint density at radius 3 is 2.41 bits per heavy atom. The molecule has 3 N–H and O–H groups in total. The van der Waals surface area contributed by atoms with Crippen molar-refractivity contribution in [3.8, 4) is 0 Å². The molecule has 7 heteroatoms. The summed E-state index contributed by atoms with van der Waals surface area (Å²) >= 11 is 0. The number of likely N-dealkylation sites (tertiary alicyclic amines) is 1. The minimum Gasteiger partial charge on any atom is -0.360 e. The fourth-order valence-electron chi connectivity index (χ4n) is 4.49. The number of amides is 3. The molecule has 0 bridgehead atoms. The molecule has 3 amide bonds. The summed E-state index contributed by atoms with van der Waals surface area (Å²) in [6.07, 6.45) is 4.79. The highest BCUT2D eigenvalue weighted by atomic mass is 16.2. The van der Waals surface area contributed by atoms with Crippen LogP contribution in [0.1, 0.15) is 39.5 Å². The topological polar surface area (TPSA) is 76.7 Å². The monoisotopic (exact) mass is 401 g/mol. The number of rotatable bonds is 8. The molecule has 2 fully saturated rings. The van der Waals surface area contributed by atoms with Gasteiger partial charge in [0, 0.05) is 37.1 Å². The number of benzene rings is 1. The normalized spacial score (nSPS) is 18.6. The predicted octanol–water partition coefficient (Wildman–Crippen LogP) is 2.64. The van der Waals surface area contributed by atoms with Crippen molar-refractivity contribution in [2.24, 2.45) is 5.92 Å². The van der Waals surface area contributed by atoms with E-state index in [1.165, 1.54) is 12.8 Å². The molecule has 3 rings (SSSR count). The number of nitrogens with one attached hydrogen (secondary N) is 3. The maximum Gasteiger partial charge on any atom is 0.319 e. The van der Waals surface area contributed by atoms with Crippen LogP contribution in [0.3, 0.4) is 0 Å². The van der Waals surface area contributed by atoms with Crippen molar-refractivity contribution in [1.82, 2.24) is 15.5 Å². The van der Waals surface area contributed by atoms with Gasteiger partial charge in [0.05, 0.1) is 6.54 Å². The molecule has 0 spiro atoms. The van der Waals surface area contributed by atoms with Crippen LogP contribution in [0.25, 0.3) is 0 Å². The van der Waals surface area contributed by atoms with E-state index >= 15 is 0 Å². The minimum atomic E-state index is -0.162. The van der Waals surface area contributed by atoms with Gasteiger partial charge < -0.3 is 20.9 Å². The maximum absolute atomic E-state index is 12.5. The van der Waals surface area contributed by atoms with Gasteiger partial charge >= 0.3 is 6.03 Å². The smallest absolute Gasteiger partial charge is 0.319 e. The molecule has 0 aromatic heterocycles. The van der Waals surface area contributed by atoms with Gasteiger partial charge in [-0.15, -0.1) is 0 Å². The Balaban J connectivity index is 1.52. The van der Waals surface area contributed by atoms with Crippen LogP contribution in [-0.2, 0) is 4.79 Å². The fourth-order valence-corrected chi connectivity index (χ4v) is 4.49. The van der Waals surface area contributed by atoms with Gasteiger partial charge in [-0.3, -0.25) is 9.69 Å². The van der Waals surface area contributed by atoms with E-state index in [1.54, 1.807) is 0 Å². The maximum atomic E-state index is 12.5. The van der Waals surface area contributed by atoms with Crippen LogP contribution < -0.4 is 20.9 Å². The van der Waals surface area contributed by atoms with E-state index in [2.05, 4.69) is 34.7 Å². The molecule has 2 saturated heterocycles. The van der Waals surface area contributed by atoms with E-state index in [4.69, 9.17) is 0 Å². The zero-order valence-electron chi connectivity index (χ0n) is 17.7. The van der Waals surface area contributed by atoms with Crippen LogP contribution in [0, 0.1) is 5.92 Å². The zero-order valence-corrected chi connectivity index (χ0v) is 17.7. The highest BCUT2D eigenvalue weighted by molar-refractivity contribution is 5.89. The van der Waals surface area contributed by atoms with Gasteiger partial charge in [0.1, 0.15) is 0 Å². The first-order chi connectivity index (χ1) is 14.1. The summed E-state index contributed by atoms with van der Waals surface area (Å²) in [5, 5.41) is 8.85. The molecule has 2 aliphatic heterocycles. The lowest BCUT2D eigenvalue weighted by atomic mass is 9.93. The van der Waals surface area contributed by atoms with E-state index < -0.39 is 0 Å². The fraction of sp³-hybridized carbons (Fsp3) is 0.636. The number of piperazine rings is 1. The molecule has 0 saturated carbocycles. The average Bonchev–Trinajstić information content (AvgIpc) is 3.26. The Bertz CT molecular complexity index is 666. The van der Waals surface area contributed by atoms with Crippen molar-refractivity contribution in [1.29, 1.82) is 0 Å². The number of hydrogen-bond acceptors (Lipinski definition) is 4. The summed E-state index contributed by atoms with van der Waals surface area (Å²) in [7, 11) is 0. The number of hydrogen-bond donors (Lipinski definition) is 3. The van der Waals surface area contributed by atoms with E-state index in [0.717, 1.165) is 43.9 Å². The number of carbonyl (C=O) groups excluding carboxylic acids is 2. The second kappa shape index (κ2) is 10.5. The zero-order chi connectivity index (χ0) is 20.6. The molecular formula is C22H35N5O2. The summed E-state index contributed by atoms with van der Waals surface area (Å²) in [5.41, 5.74) is 1.75. The van der Waals surface area contributed by atoms with Crippen LogP contribution in [0.15, 0.2) is 24.3 Å². The molecule has 29 heavy (non-hydrogen) atoms. The largest absolute Gasteiger partial charge is 0.360 e. The second-order valence-corrected chi connectivity index (χ2v) is 8.04. The SMILES string of the molecule is CCC(CC)[C@H](CNC(=O)Nc1ccc(N2CCNC(=O)C2)cc1)N1CCCC1. The van der Waals surface area contributed by atoms with Gasteiger partial charge in [-0.05, 0) is 56.1 Å². The summed E-state index contributed by atoms with van der Waals surface area (Å²) < 4.78 is 0. The Kier molecular flexibility index (Phi) is 7.75. The molecule has 160 valence electrons. The third kappa shape index (κ3) is 5.85. The summed E-state index contributed by atoms with van der Waals surface area (Å²) in [4.78, 5) is 28.6. The molecule has 0 aliphatic carbocycles. The number of anilines is 2. The lowest BCUT2D eigenvalue weighted by Crippen LogP contribution is -2.47. The molecule has 1 aromatic rings. The standard InChI is InChI=1S/C22H35N5O2/c1-3-17(4-2)20(26-12-5-6-13-26)15-24-22(29)25-18-7-9-19(10-8-18)27-14-11-23-21(28)16-27/h7-10,17,20H,3-6,11-16H2,1-2H3,(H,23,28)(H2,24,25,29)/t20-/m0/s1. The highest BCUT2D eigenvalue weighted by Crippen LogP contribution is 2.23. The first-order valence-electron chi connectivity index (χ1n) is 11.0. The van der Waals surface area contributed by atoms with Crippen molar-refractivity contribution >= 4 is 23.3 Å². The van der Waals surface area contributed by atoms with Crippen LogP contribution in [0.2, 0.25) is 0 Å². The van der Waals surface area contributed by atoms with Gasteiger partial charge in [0.2, 0.25) is 5.91 Å². The van der Waals surface area contributed by atoms with Gasteiger partial charge in [0.15, 0.2) is 0 Å². The lowest BCUT2D eigenvalue weighted by molar-refractivity contribution is -0.120. The van der Waals surface area contributed by atoms with Gasteiger partial charge in [0.25, 0.3) is 0 Å². The van der Waals surface area contributed by atoms with Crippen LogP contribution in [0.4, 0.5) is 16.2 Å². The third-order valence-electron chi connectivity index (χ3n) is 6.20. The summed E-state index contributed by atoms with van der Waals surface area (Å²) in [6.45, 7) is 9.28. The Morgan fingerprint density at radius 2 is 1.79 bits per heavy atom. The molecule has 0 radical (unpaired) electrons. The van der Waals surface area contributed by atoms with Crippen molar-refractivity contribution in [3.05, 3.63) is 24.3 Å². The van der Waals surface area contributed by atoms with Gasteiger partial charge in [-0.2, -0.15) is 0 Å². The van der Waals surface area contributed by atoms with Crippen molar-refractivity contribution in [2.75, 3.05) is 49.5 Å². The van der Waals surface area contributed by atoms with E-state index in [-0.39, 0.29) is 11.9 Å². The Labute approximate surface area is 174 Å². The quantitative estimate of drug-likeness (QED) is 0.626. The van der Waals surface area contributed by atoms with Crippen LogP contribution in [0.5, 0.6) is 0 Å². The molecule has 1 aromatic carbocycles. The van der Waals surface area contributed by atoms with Crippen molar-refractivity contribution in [3.63, 3.8) is 0 Å². The average molecular weight is 402 g/mol. The predicted molar refractivity (Wildman–Crippen MR) is 117 cm³/mol. The second-order valence-electron chi connectivity index (χ2n) is 8.04. The molecule has 1 atom stereocenters. The van der Waals surface area contributed by atoms with Crippen LogP contribution >= 0.6 is 0 Å². The Morgan fingerprint density at radius 1 is 1.10 bits per heavy atom. The van der Waals surface area contributed by atoms with E-state index in [9.17, 15) is 9.59 Å². The Hall–Kier alpha value is -2.28. The van der Waals surface area contributed by atoms with Gasteiger partial charge in [-0.1, -0.05) is 26.7 Å². The highest BCUT2D eigenvalue weighted by Gasteiger charge is 2.27. The molecule has 7 nitrogen and oxygen atoms in total. The van der Waals surface area contributed by atoms with Crippen molar-refractivity contribution < 1.29 is 9.59 Å². The number of nitrogens with zero attached hydrogens (tertiary/aromatic N) is 2. The van der Waals surface area contributed by atoms with E-state index in [1.807, 2.05) is 29.2 Å². The molecule has 2 aliphatic rings. The minimum absolute atomic E-state index is 0.0443. The molecule has 0 unspecified atom stereocenters. The molecule has 2 heterocycles. The third-order valence-corrected chi connectivity index (χ3v) is 6.20. The summed E-state index contributed by atoms with van der Waals surface area (Å²) in [6, 6.07) is 7.92. The first kappa shape index (κ1) is 21.4. The summed E-state index contributed by atoms with van der Waals surface area (Å²) in [5.74, 6) is 0.650. The lowest BCUT2D eigenvalue weighted by Gasteiger charge is -2.33. The number of urea groups is 1.